The van der Waals surface area contributed by atoms with Crippen LogP contribution in [0.4, 0.5) is 8.78 Å². The van der Waals surface area contributed by atoms with Crippen LogP contribution in [-0.2, 0) is 13.0 Å². The van der Waals surface area contributed by atoms with E-state index in [1.165, 1.54) is 6.07 Å². The molecule has 3 aromatic rings. The summed E-state index contributed by atoms with van der Waals surface area (Å²) in [6.45, 7) is 4.09. The van der Waals surface area contributed by atoms with Crippen molar-refractivity contribution in [2.75, 3.05) is 13.1 Å². The highest BCUT2D eigenvalue weighted by Crippen LogP contribution is 2.20. The molecule has 2 heterocycles. The first-order valence-corrected chi connectivity index (χ1v) is 11.1. The van der Waals surface area contributed by atoms with Gasteiger partial charge in [0.15, 0.2) is 11.6 Å². The molecule has 32 heavy (non-hydrogen) atoms. The summed E-state index contributed by atoms with van der Waals surface area (Å²) < 4.78 is 28.3. The molecule has 1 amide bonds. The molecule has 1 aliphatic rings. The summed E-state index contributed by atoms with van der Waals surface area (Å²) in [6.07, 6.45) is 3.84. The molecule has 0 saturated carbocycles. The summed E-state index contributed by atoms with van der Waals surface area (Å²) >= 11 is 6.11. The van der Waals surface area contributed by atoms with Gasteiger partial charge in [-0.15, -0.1) is 0 Å². The van der Waals surface area contributed by atoms with E-state index in [0.717, 1.165) is 48.9 Å². The second kappa shape index (κ2) is 9.79. The van der Waals surface area contributed by atoms with Gasteiger partial charge in [0.1, 0.15) is 0 Å². The van der Waals surface area contributed by atoms with Crippen LogP contribution in [0.3, 0.4) is 0 Å². The number of likely N-dealkylation sites (tertiary alicyclic amines) is 1. The number of hydrogen-bond donors (Lipinski definition) is 1. The SMILES string of the molecule is CCc1c(C(=O)NC2CCN(Cc3ccc(F)c(F)c3)CC2)cnn1-c1cccc(Cl)c1. The zero-order valence-corrected chi connectivity index (χ0v) is 18.6. The number of nitrogens with zero attached hydrogens (tertiary/aromatic N) is 3. The molecular formula is C24H25ClF2N4O. The van der Waals surface area contributed by atoms with Gasteiger partial charge >= 0.3 is 0 Å². The molecule has 0 bridgehead atoms. The van der Waals surface area contributed by atoms with Crippen LogP contribution >= 0.6 is 11.6 Å². The van der Waals surface area contributed by atoms with Gasteiger partial charge in [0, 0.05) is 30.7 Å². The Hall–Kier alpha value is -2.77. The molecule has 8 heteroatoms. The lowest BCUT2D eigenvalue weighted by molar-refractivity contribution is 0.0908. The summed E-state index contributed by atoms with van der Waals surface area (Å²) in [5, 5.41) is 8.16. The molecule has 0 radical (unpaired) electrons. The molecule has 1 aromatic heterocycles. The number of nitrogens with one attached hydrogen (secondary N) is 1. The van der Waals surface area contributed by atoms with E-state index in [2.05, 4.69) is 15.3 Å². The Kier molecular flexibility index (Phi) is 6.86. The fourth-order valence-electron chi connectivity index (χ4n) is 4.13. The van der Waals surface area contributed by atoms with Crippen LogP contribution in [0.1, 0.15) is 41.4 Å². The van der Waals surface area contributed by atoms with Gasteiger partial charge in [0.2, 0.25) is 0 Å². The molecule has 4 rings (SSSR count). The van der Waals surface area contributed by atoms with Crippen LogP contribution in [0.2, 0.25) is 5.02 Å². The van der Waals surface area contributed by atoms with Crippen LogP contribution in [0, 0.1) is 11.6 Å². The highest BCUT2D eigenvalue weighted by Gasteiger charge is 2.24. The Morgan fingerprint density at radius 1 is 1.16 bits per heavy atom. The zero-order valence-electron chi connectivity index (χ0n) is 17.8. The fourth-order valence-corrected chi connectivity index (χ4v) is 4.31. The van der Waals surface area contributed by atoms with E-state index in [9.17, 15) is 13.6 Å². The second-order valence-electron chi connectivity index (χ2n) is 8.02. The highest BCUT2D eigenvalue weighted by atomic mass is 35.5. The Bertz CT molecular complexity index is 1110. The maximum Gasteiger partial charge on any atom is 0.254 e. The molecule has 1 aliphatic heterocycles. The van der Waals surface area contributed by atoms with E-state index in [1.807, 2.05) is 25.1 Å². The number of carbonyl (C=O) groups is 1. The Labute approximate surface area is 191 Å². The second-order valence-corrected chi connectivity index (χ2v) is 8.46. The predicted octanol–water partition coefficient (Wildman–Crippen LogP) is 4.76. The number of amides is 1. The standard InChI is InChI=1S/C24H25ClF2N4O/c1-2-23-20(14-28-31(23)19-5-3-4-17(25)13-19)24(32)29-18-8-10-30(11-9-18)15-16-6-7-21(26)22(27)12-16/h3-7,12-14,18H,2,8-11,15H2,1H3,(H,29,32). The summed E-state index contributed by atoms with van der Waals surface area (Å²) in [7, 11) is 0. The quantitative estimate of drug-likeness (QED) is 0.579. The van der Waals surface area contributed by atoms with Crippen LogP contribution in [-0.4, -0.2) is 39.7 Å². The minimum atomic E-state index is -0.833. The smallest absolute Gasteiger partial charge is 0.254 e. The Morgan fingerprint density at radius 2 is 1.94 bits per heavy atom. The molecule has 0 spiro atoms. The fraction of sp³-hybridized carbons (Fsp3) is 0.333. The Balaban J connectivity index is 1.36. The van der Waals surface area contributed by atoms with Crippen LogP contribution < -0.4 is 5.32 Å². The van der Waals surface area contributed by atoms with E-state index in [0.29, 0.717) is 23.6 Å². The number of hydrogen-bond acceptors (Lipinski definition) is 3. The minimum absolute atomic E-state index is 0.0583. The first-order valence-electron chi connectivity index (χ1n) is 10.7. The third kappa shape index (κ3) is 5.00. The molecule has 0 unspecified atom stereocenters. The van der Waals surface area contributed by atoms with Gasteiger partial charge in [-0.1, -0.05) is 30.7 Å². The lowest BCUT2D eigenvalue weighted by Crippen LogP contribution is -2.44. The molecule has 0 atom stereocenters. The number of halogens is 3. The van der Waals surface area contributed by atoms with Crippen molar-refractivity contribution in [3.8, 4) is 5.69 Å². The molecule has 0 aliphatic carbocycles. The number of carbonyl (C=O) groups excluding carboxylic acids is 1. The number of rotatable bonds is 6. The van der Waals surface area contributed by atoms with Crippen molar-refractivity contribution in [1.82, 2.24) is 20.0 Å². The van der Waals surface area contributed by atoms with Crippen molar-refractivity contribution in [1.29, 1.82) is 0 Å². The van der Waals surface area contributed by atoms with Gasteiger partial charge in [-0.25, -0.2) is 13.5 Å². The van der Waals surface area contributed by atoms with E-state index in [4.69, 9.17) is 11.6 Å². The lowest BCUT2D eigenvalue weighted by Gasteiger charge is -2.32. The first kappa shape index (κ1) is 22.4. The largest absolute Gasteiger partial charge is 0.349 e. The third-order valence-electron chi connectivity index (χ3n) is 5.81. The van der Waals surface area contributed by atoms with Crippen molar-refractivity contribution in [2.45, 2.75) is 38.8 Å². The van der Waals surface area contributed by atoms with E-state index < -0.39 is 11.6 Å². The average Bonchev–Trinajstić information content (AvgIpc) is 3.22. The van der Waals surface area contributed by atoms with Crippen molar-refractivity contribution in [3.63, 3.8) is 0 Å². The molecule has 168 valence electrons. The monoisotopic (exact) mass is 458 g/mol. The summed E-state index contributed by atoms with van der Waals surface area (Å²) in [6, 6.07) is 11.4. The molecule has 1 saturated heterocycles. The van der Waals surface area contributed by atoms with Gasteiger partial charge in [-0.05, 0) is 55.2 Å². The number of aromatic nitrogens is 2. The Morgan fingerprint density at radius 3 is 2.62 bits per heavy atom. The van der Waals surface area contributed by atoms with E-state index in [1.54, 1.807) is 23.0 Å². The highest BCUT2D eigenvalue weighted by molar-refractivity contribution is 6.30. The molecular weight excluding hydrogens is 434 g/mol. The van der Waals surface area contributed by atoms with Crippen molar-refractivity contribution < 1.29 is 13.6 Å². The number of benzene rings is 2. The van der Waals surface area contributed by atoms with E-state index >= 15 is 0 Å². The lowest BCUT2D eigenvalue weighted by atomic mass is 10.0. The van der Waals surface area contributed by atoms with E-state index in [-0.39, 0.29) is 11.9 Å². The maximum absolute atomic E-state index is 13.4. The third-order valence-corrected chi connectivity index (χ3v) is 6.05. The van der Waals surface area contributed by atoms with Crippen molar-refractivity contribution in [3.05, 3.63) is 82.1 Å². The van der Waals surface area contributed by atoms with Crippen LogP contribution in [0.25, 0.3) is 5.69 Å². The van der Waals surface area contributed by atoms with Crippen LogP contribution in [0.5, 0.6) is 0 Å². The average molecular weight is 459 g/mol. The topological polar surface area (TPSA) is 50.2 Å². The summed E-state index contributed by atoms with van der Waals surface area (Å²) in [4.78, 5) is 15.1. The van der Waals surface area contributed by atoms with Crippen LogP contribution in [0.15, 0.2) is 48.7 Å². The molecule has 2 aromatic carbocycles. The van der Waals surface area contributed by atoms with Gasteiger partial charge in [0.05, 0.1) is 23.1 Å². The zero-order chi connectivity index (χ0) is 22.7. The molecule has 1 N–H and O–H groups in total. The van der Waals surface area contributed by atoms with Gasteiger partial charge < -0.3 is 5.32 Å². The number of piperidine rings is 1. The van der Waals surface area contributed by atoms with Gasteiger partial charge in [0.25, 0.3) is 5.91 Å². The first-order chi connectivity index (χ1) is 15.4. The maximum atomic E-state index is 13.4. The normalized spacial score (nSPS) is 15.1. The predicted molar refractivity (Wildman–Crippen MR) is 120 cm³/mol. The van der Waals surface area contributed by atoms with Gasteiger partial charge in [-0.3, -0.25) is 9.69 Å². The summed E-state index contributed by atoms with van der Waals surface area (Å²) in [5.74, 6) is -1.79. The minimum Gasteiger partial charge on any atom is -0.349 e. The summed E-state index contributed by atoms with van der Waals surface area (Å²) in [5.41, 5.74) is 2.96. The van der Waals surface area contributed by atoms with Crippen molar-refractivity contribution >= 4 is 17.5 Å². The van der Waals surface area contributed by atoms with Crippen molar-refractivity contribution in [2.24, 2.45) is 0 Å². The van der Waals surface area contributed by atoms with Gasteiger partial charge in [-0.2, -0.15) is 5.10 Å². The molecule has 1 fully saturated rings. The molecule has 5 nitrogen and oxygen atoms in total.